The molecule has 30 nitrogen and oxygen atoms in total. The first-order valence-corrected chi connectivity index (χ1v) is 46.7. The maximum absolute atomic E-state index is 16.0. The molecule has 3 N–H and O–H groups in total. The molecule has 6 aromatic rings. The molecule has 9 heterocycles. The predicted octanol–water partition coefficient (Wildman–Crippen LogP) is 16.8. The molecule has 0 spiro atoms. The number of alkyl halides is 9. The zero-order valence-corrected chi connectivity index (χ0v) is 84.1. The van der Waals surface area contributed by atoms with E-state index in [9.17, 15) is 56.3 Å². The number of hydrogen-bond acceptors (Lipinski definition) is 24. The Morgan fingerprint density at radius 2 is 0.732 bits per heavy atom. The maximum Gasteiger partial charge on any atom is 0.573 e. The van der Waals surface area contributed by atoms with Crippen LogP contribution >= 0.6 is 0 Å². The quantitative estimate of drug-likeness (QED) is 0.0616. The summed E-state index contributed by atoms with van der Waals surface area (Å²) < 4.78 is 185. The van der Waals surface area contributed by atoms with Crippen molar-refractivity contribution in [1.29, 1.82) is 0 Å². The van der Waals surface area contributed by atoms with Gasteiger partial charge in [-0.2, -0.15) is 26.3 Å². The molecule has 6 fully saturated rings. The number of carbonyl (C=O) groups excluding carboxylic acids is 9. The van der Waals surface area contributed by atoms with Gasteiger partial charge in [0.15, 0.2) is 17.1 Å². The number of rotatable bonds is 11. The van der Waals surface area contributed by atoms with E-state index in [0.717, 1.165) is 18.2 Å². The molecule has 3 radical (unpaired) electrons. The molecule has 138 heavy (non-hydrogen) atoms. The minimum atomic E-state index is -5.00. The number of aromatic nitrogens is 6. The van der Waals surface area contributed by atoms with Gasteiger partial charge in [0.1, 0.15) is 71.5 Å². The van der Waals surface area contributed by atoms with E-state index in [1.165, 1.54) is 14.7 Å². The normalized spacial score (nSPS) is 29.0. The smallest absolute Gasteiger partial charge is 0.540 e. The van der Waals surface area contributed by atoms with Gasteiger partial charge >= 0.3 is 24.6 Å². The molecule has 6 amide bonds. The summed E-state index contributed by atoms with van der Waals surface area (Å²) in [5.74, 6) is -14.6. The molecule has 0 unspecified atom stereocenters. The van der Waals surface area contributed by atoms with E-state index in [-0.39, 0.29) is 159 Å². The van der Waals surface area contributed by atoms with Gasteiger partial charge < -0.3 is 87.7 Å². The zero-order chi connectivity index (χ0) is 98.1. The third-order valence-electron chi connectivity index (χ3n) is 26.9. The Hall–Kier alpha value is -9.17. The number of amides is 6. The van der Waals surface area contributed by atoms with Crippen LogP contribution in [0.1, 0.15) is 237 Å². The van der Waals surface area contributed by atoms with E-state index in [2.05, 4.69) is 50.6 Å². The van der Waals surface area contributed by atoms with Crippen molar-refractivity contribution in [2.24, 2.45) is 51.8 Å². The molecule has 6 bridgehead atoms. The van der Waals surface area contributed by atoms with Gasteiger partial charge in [0.25, 0.3) is 17.8 Å². The van der Waals surface area contributed by atoms with Crippen LogP contribution in [0.5, 0.6) is 34.9 Å². The number of halogens is 9. The Balaban J connectivity index is 0.000000211. The van der Waals surface area contributed by atoms with Crippen LogP contribution in [0.2, 0.25) is 0 Å². The van der Waals surface area contributed by atoms with Crippen LogP contribution in [0.15, 0.2) is 54.6 Å². The molecule has 753 valence electrons. The number of fused-ring (bicyclic) bond motifs is 15. The average molecular weight is 2050 g/mol. The molecule has 42 heteroatoms. The van der Waals surface area contributed by atoms with Crippen LogP contribution in [-0.2, 0) is 116 Å². The fourth-order valence-electron chi connectivity index (χ4n) is 19.0. The number of nitrogens with zero attached hydrogens (tertiary/aromatic N) is 9. The Morgan fingerprint density at radius 1 is 0.420 bits per heavy atom. The molecule has 9 aliphatic rings. The van der Waals surface area contributed by atoms with Gasteiger partial charge in [-0.3, -0.25) is 14.4 Å². The first-order valence-electron chi connectivity index (χ1n) is 46.7. The van der Waals surface area contributed by atoms with Gasteiger partial charge in [-0.25, -0.2) is 63.1 Å². The fraction of sp³-hybridized carbons (Fsp3) is 0.656. The van der Waals surface area contributed by atoms with E-state index >= 15 is 26.3 Å². The summed E-state index contributed by atoms with van der Waals surface area (Å²) in [6.07, 6.45) is 0.169. The molecule has 3 saturated heterocycles. The minimum absolute atomic E-state index is 0. The van der Waals surface area contributed by atoms with Crippen LogP contribution < -0.4 is 44.4 Å². The number of ether oxygens (including phenoxy) is 9. The fourth-order valence-corrected chi connectivity index (χ4v) is 19.0. The van der Waals surface area contributed by atoms with E-state index < -0.39 is 208 Å². The Labute approximate surface area is 831 Å². The van der Waals surface area contributed by atoms with E-state index in [1.54, 1.807) is 106 Å². The number of benzene rings is 3. The molecule has 15 rings (SSSR count). The van der Waals surface area contributed by atoms with Crippen molar-refractivity contribution in [2.75, 3.05) is 32.8 Å². The van der Waals surface area contributed by atoms with Crippen molar-refractivity contribution in [3.63, 3.8) is 0 Å². The molecule has 6 aliphatic heterocycles. The summed E-state index contributed by atoms with van der Waals surface area (Å²) in [5.41, 5.74) is -4.09. The van der Waals surface area contributed by atoms with E-state index in [1.807, 2.05) is 53.5 Å². The number of hydrogen-bond donors (Lipinski definition) is 3. The molecule has 3 aromatic carbocycles. The van der Waals surface area contributed by atoms with Crippen molar-refractivity contribution in [3.05, 3.63) is 71.7 Å². The van der Waals surface area contributed by atoms with Gasteiger partial charge in [-0.1, -0.05) is 140 Å². The van der Waals surface area contributed by atoms with Crippen LogP contribution in [-0.4, -0.2) is 211 Å². The molecule has 3 aromatic heterocycles. The summed E-state index contributed by atoms with van der Waals surface area (Å²) in [4.78, 5) is 148. The minimum Gasteiger partial charge on any atom is -0.540 e. The summed E-state index contributed by atoms with van der Waals surface area (Å²) >= 11 is 0. The van der Waals surface area contributed by atoms with Crippen molar-refractivity contribution in [1.82, 2.24) is 60.6 Å². The third-order valence-corrected chi connectivity index (χ3v) is 26.9. The van der Waals surface area contributed by atoms with Crippen molar-refractivity contribution < 1.29 is 181 Å². The second kappa shape index (κ2) is 44.6. The maximum atomic E-state index is 16.0. The number of alkyl carbamates (subject to hydrolysis) is 3. The topological polar surface area (TPSA) is 360 Å². The third kappa shape index (κ3) is 25.8. The van der Waals surface area contributed by atoms with E-state index in [0.29, 0.717) is 106 Å². The number of carbonyl (C=O) groups is 6. The zero-order valence-electron chi connectivity index (χ0n) is 79.9. The summed E-state index contributed by atoms with van der Waals surface area (Å²) in [5, 5.41) is 8.15. The molecule has 3 saturated carbocycles. The summed E-state index contributed by atoms with van der Waals surface area (Å²) in [6, 6.07) is 6.34. The second-order valence-electron chi connectivity index (χ2n) is 40.0. The summed E-state index contributed by atoms with van der Waals surface area (Å²) in [7, 11) is 0. The van der Waals surface area contributed by atoms with Crippen LogP contribution in [0, 0.1) is 51.8 Å². The predicted molar refractivity (Wildman–Crippen MR) is 472 cm³/mol. The van der Waals surface area contributed by atoms with Gasteiger partial charge in [-0.05, 0) is 161 Å². The number of nitrogens with one attached hydrogen (secondary N) is 3. The van der Waals surface area contributed by atoms with Gasteiger partial charge in [0, 0.05) is 99.0 Å². The molecular formula is C96H120F9N12O18V3-3. The van der Waals surface area contributed by atoms with Gasteiger partial charge in [0.2, 0.25) is 35.4 Å². The first kappa shape index (κ1) is 111. The van der Waals surface area contributed by atoms with Gasteiger partial charge in [-0.15, -0.1) is 13.2 Å². The second-order valence-corrected chi connectivity index (χ2v) is 40.0. The molecule has 3 aliphatic carbocycles. The Kier molecular flexibility index (Phi) is 35.8. The van der Waals surface area contributed by atoms with Crippen LogP contribution in [0.25, 0.3) is 33.1 Å². The summed E-state index contributed by atoms with van der Waals surface area (Å²) in [6.45, 7) is 27.3. The van der Waals surface area contributed by atoms with Gasteiger partial charge in [0.05, 0.1) is 65.9 Å². The largest absolute Gasteiger partial charge is 0.573 e. The van der Waals surface area contributed by atoms with Crippen molar-refractivity contribution >= 4 is 88.0 Å². The van der Waals surface area contributed by atoms with Crippen molar-refractivity contribution in [3.8, 4) is 34.9 Å². The standard InChI is InChI=1S/C33H43F2N4O6.C32H41F2N4O6.C31H36F5N4O6.3V/c1-7-21-24(18-40)39-17-25(21)44-28-26(36-22-13-12-20(43-8-2)15-23(22)37-28)33(34,35)14-10-9-11-19-16-32(19,6)45-30(42)38-27(29(39)41)31(3,4)5;1-6-20-23(17-39)38-16-25(20)43-28-26(35-21-12-11-19(42-7-2)15-22(21)36-28)32(33,34)13-9-8-10-18-14-24(18)44-30(41)37-27(29(38)40)31(3,4)5;1-5-18-21(15-41)40-14-23(18)44-26-24(37-19-10-9-17(13-20(19)38-26)46-31(34,35)36)30(32,33)11-7-6-8-16-12-22(16)45-28(43)39-25(27(40)42)29(2,3)4;;;/h12-13,15,19,21,24-25,27H,7-11,14,16-17H2,1-6H3,(H,38,42);11-12,15,18,20,23-25,27H,6-10,13-14,16H2,1-5H3,(H,37,41);9-10,13,16,18,21-23,25H,5-8,11-12,14H2,1-4H3,(H,39,43);;;/q3*-1;;;/t19-,21+,24-,25+,27-,32-;18-,20+,23-,24-,25+,27-;16-,18+,21-,22-,23+,25-;;;/m111.../s1. The Bertz CT molecular complexity index is 5370. The van der Waals surface area contributed by atoms with Crippen LogP contribution in [0.4, 0.5) is 53.9 Å². The van der Waals surface area contributed by atoms with Crippen LogP contribution in [0.3, 0.4) is 0 Å². The monoisotopic (exact) mass is 2050 g/mol. The molecular weight excluding hydrogens is 1930 g/mol. The SMILES string of the molecule is CCOc1ccc2nc3c(nc2c1)O[C@H]1CN(C(=O)[C@H](C(C)(C)C)NC(=O)O[C@@H]2C[C@H]2CCCCC3(F)F)[C@H]([C-]=O)[C@@H]1CC.CCOc1ccc2nc3c(nc2c1)O[C@H]1CN(C(=O)[C@H](C(C)(C)C)NC(=O)O[C@]2(C)C[C@H]2CCCCC3(F)F)[C@H]([C-]=O)[C@@H]1CC.CC[C@@H]1[C@@H]2CN(C(=O)[C@H](C(C)(C)C)NC(=O)O[C@@H]3C[C@H]3CCCCC(F)(F)c3nc4ccc(OC(F)(F)F)cc4nc3O2)[C@@H]1[C-]=O.[V].[V].[V]. The Morgan fingerprint density at radius 3 is 1.04 bits per heavy atom. The molecule has 18 atom stereocenters. The first-order chi connectivity index (χ1) is 63.6. The average Bonchev–Trinajstić information content (AvgIpc) is 1.47. The van der Waals surface area contributed by atoms with E-state index in [4.69, 9.17) is 37.9 Å². The van der Waals surface area contributed by atoms with Crippen molar-refractivity contribution in [2.45, 2.75) is 316 Å².